The molecule has 27 heavy (non-hydrogen) atoms. The van der Waals surface area contributed by atoms with Gasteiger partial charge in [0.1, 0.15) is 5.82 Å². The number of hydrogen-bond acceptors (Lipinski definition) is 3. The first-order valence-electron chi connectivity index (χ1n) is 9.21. The number of aromatic nitrogens is 4. The number of para-hydroxylation sites is 1. The fraction of sp³-hybridized carbons (Fsp3) is 0.474. The summed E-state index contributed by atoms with van der Waals surface area (Å²) in [6.07, 6.45) is 4.95. The van der Waals surface area contributed by atoms with Gasteiger partial charge in [0, 0.05) is 29.6 Å². The van der Waals surface area contributed by atoms with Crippen LogP contribution >= 0.6 is 24.8 Å². The number of H-pyrrole nitrogens is 1. The molecule has 4 rings (SSSR count). The van der Waals surface area contributed by atoms with Crippen molar-refractivity contribution in [1.82, 2.24) is 24.6 Å². The largest absolute Gasteiger partial charge is 0.361 e. The fourth-order valence-corrected chi connectivity index (χ4v) is 3.85. The third-order valence-corrected chi connectivity index (χ3v) is 5.24. The summed E-state index contributed by atoms with van der Waals surface area (Å²) in [5.74, 6) is 1.36. The SMILES string of the molecule is CCn1c(C2CCNCC2)nn(CCc2c[nH]c3ccccc23)c1=O.Cl.Cl. The second kappa shape index (κ2) is 9.44. The lowest BCUT2D eigenvalue weighted by molar-refractivity contribution is 0.429. The molecule has 0 spiro atoms. The number of fused-ring (bicyclic) bond motifs is 1. The summed E-state index contributed by atoms with van der Waals surface area (Å²) in [7, 11) is 0. The minimum Gasteiger partial charge on any atom is -0.361 e. The number of nitrogens with one attached hydrogen (secondary N) is 2. The van der Waals surface area contributed by atoms with Crippen molar-refractivity contribution < 1.29 is 0 Å². The standard InChI is InChI=1S/C19H25N5O.2ClH/c1-2-23-18(14-7-10-20-11-8-14)22-24(19(23)25)12-9-15-13-21-17-6-4-3-5-16(15)17;;/h3-6,13-14,20-21H,2,7-12H2,1H3;2*1H. The number of aryl methyl sites for hydroxylation is 2. The minimum atomic E-state index is 0. The summed E-state index contributed by atoms with van der Waals surface area (Å²) >= 11 is 0. The molecule has 0 unspecified atom stereocenters. The second-order valence-electron chi connectivity index (χ2n) is 6.74. The maximum atomic E-state index is 12.7. The summed E-state index contributed by atoms with van der Waals surface area (Å²) in [6.45, 7) is 5.34. The summed E-state index contributed by atoms with van der Waals surface area (Å²) in [5, 5.41) is 9.32. The van der Waals surface area contributed by atoms with Crippen molar-refractivity contribution >= 4 is 35.7 Å². The molecule has 2 N–H and O–H groups in total. The Balaban J connectivity index is 0.00000131. The van der Waals surface area contributed by atoms with Gasteiger partial charge < -0.3 is 10.3 Å². The topological polar surface area (TPSA) is 67.6 Å². The maximum Gasteiger partial charge on any atom is 0.345 e. The lowest BCUT2D eigenvalue weighted by atomic mass is 9.97. The number of benzene rings is 1. The molecule has 1 aliphatic heterocycles. The lowest BCUT2D eigenvalue weighted by Gasteiger charge is -2.21. The van der Waals surface area contributed by atoms with Crippen molar-refractivity contribution in [3.05, 3.63) is 52.3 Å². The third kappa shape index (κ3) is 4.23. The highest BCUT2D eigenvalue weighted by Crippen LogP contribution is 2.23. The van der Waals surface area contributed by atoms with Crippen LogP contribution in [0.2, 0.25) is 0 Å². The molecule has 0 saturated carbocycles. The van der Waals surface area contributed by atoms with Gasteiger partial charge in [0.05, 0.1) is 6.54 Å². The lowest BCUT2D eigenvalue weighted by Crippen LogP contribution is -2.29. The van der Waals surface area contributed by atoms with Gasteiger partial charge in [-0.3, -0.25) is 4.57 Å². The Bertz CT molecular complexity index is 924. The molecule has 0 aliphatic carbocycles. The molecule has 1 aromatic carbocycles. The highest BCUT2D eigenvalue weighted by atomic mass is 35.5. The van der Waals surface area contributed by atoms with E-state index in [9.17, 15) is 4.79 Å². The third-order valence-electron chi connectivity index (χ3n) is 5.24. The number of piperidine rings is 1. The van der Waals surface area contributed by atoms with E-state index in [1.54, 1.807) is 4.68 Å². The Kier molecular flexibility index (Phi) is 7.53. The first-order chi connectivity index (χ1) is 12.3. The van der Waals surface area contributed by atoms with Gasteiger partial charge in [-0.1, -0.05) is 18.2 Å². The van der Waals surface area contributed by atoms with Crippen LogP contribution in [0, 0.1) is 0 Å². The zero-order valence-corrected chi connectivity index (χ0v) is 17.1. The molecule has 0 amide bonds. The molecule has 3 aromatic rings. The Labute approximate surface area is 171 Å². The summed E-state index contributed by atoms with van der Waals surface area (Å²) in [5.41, 5.74) is 2.40. The maximum absolute atomic E-state index is 12.7. The van der Waals surface area contributed by atoms with E-state index >= 15 is 0 Å². The first kappa shape index (κ1) is 21.5. The van der Waals surface area contributed by atoms with Crippen molar-refractivity contribution in [3.8, 4) is 0 Å². The van der Waals surface area contributed by atoms with E-state index in [1.165, 1.54) is 10.9 Å². The molecule has 8 heteroatoms. The predicted octanol–water partition coefficient (Wildman–Crippen LogP) is 3.10. The molecule has 0 radical (unpaired) electrons. The Hall–Kier alpha value is -1.76. The van der Waals surface area contributed by atoms with Gasteiger partial charge in [0.2, 0.25) is 0 Å². The van der Waals surface area contributed by atoms with Gasteiger partial charge in [-0.2, -0.15) is 5.10 Å². The highest BCUT2D eigenvalue weighted by Gasteiger charge is 2.23. The van der Waals surface area contributed by atoms with Gasteiger partial charge in [0.25, 0.3) is 0 Å². The van der Waals surface area contributed by atoms with Crippen LogP contribution in [0.4, 0.5) is 0 Å². The van der Waals surface area contributed by atoms with Gasteiger partial charge >= 0.3 is 5.69 Å². The quantitative estimate of drug-likeness (QED) is 0.677. The number of aromatic amines is 1. The minimum absolute atomic E-state index is 0. The molecular weight excluding hydrogens is 385 g/mol. The van der Waals surface area contributed by atoms with Crippen molar-refractivity contribution in [3.63, 3.8) is 0 Å². The second-order valence-corrected chi connectivity index (χ2v) is 6.74. The first-order valence-corrected chi connectivity index (χ1v) is 9.21. The van der Waals surface area contributed by atoms with Gasteiger partial charge in [-0.15, -0.1) is 24.8 Å². The summed E-state index contributed by atoms with van der Waals surface area (Å²) < 4.78 is 3.51. The van der Waals surface area contributed by atoms with Crippen LogP contribution in [-0.4, -0.2) is 32.4 Å². The van der Waals surface area contributed by atoms with E-state index in [-0.39, 0.29) is 30.5 Å². The average molecular weight is 412 g/mol. The molecule has 3 heterocycles. The molecule has 0 atom stereocenters. The van der Waals surface area contributed by atoms with E-state index in [2.05, 4.69) is 22.4 Å². The van der Waals surface area contributed by atoms with Crippen LogP contribution in [0.15, 0.2) is 35.3 Å². The van der Waals surface area contributed by atoms with Gasteiger partial charge in [-0.05, 0) is 50.9 Å². The van der Waals surface area contributed by atoms with Crippen LogP contribution in [0.3, 0.4) is 0 Å². The molecular formula is C19H27Cl2N5O. The van der Waals surface area contributed by atoms with Crippen LogP contribution in [0.1, 0.15) is 37.1 Å². The Morgan fingerprint density at radius 2 is 1.93 bits per heavy atom. The van der Waals surface area contributed by atoms with Crippen LogP contribution in [-0.2, 0) is 19.5 Å². The van der Waals surface area contributed by atoms with Crippen molar-refractivity contribution in [1.29, 1.82) is 0 Å². The molecule has 1 fully saturated rings. The Morgan fingerprint density at radius 1 is 1.19 bits per heavy atom. The normalized spacial score (nSPS) is 14.7. The molecule has 0 bridgehead atoms. The number of hydrogen-bond donors (Lipinski definition) is 2. The van der Waals surface area contributed by atoms with E-state index in [1.807, 2.05) is 29.8 Å². The summed E-state index contributed by atoms with van der Waals surface area (Å²) in [6, 6.07) is 8.27. The van der Waals surface area contributed by atoms with E-state index in [0.29, 0.717) is 19.0 Å². The molecule has 1 saturated heterocycles. The molecule has 2 aromatic heterocycles. The number of nitrogens with zero attached hydrogens (tertiary/aromatic N) is 3. The number of halogens is 2. The Morgan fingerprint density at radius 3 is 2.67 bits per heavy atom. The average Bonchev–Trinajstić information content (AvgIpc) is 3.21. The smallest absolute Gasteiger partial charge is 0.345 e. The molecule has 6 nitrogen and oxygen atoms in total. The van der Waals surface area contributed by atoms with Crippen molar-refractivity contribution in [2.75, 3.05) is 13.1 Å². The molecule has 1 aliphatic rings. The number of rotatable bonds is 5. The molecule has 148 valence electrons. The highest BCUT2D eigenvalue weighted by molar-refractivity contribution is 5.85. The van der Waals surface area contributed by atoms with E-state index in [4.69, 9.17) is 5.10 Å². The van der Waals surface area contributed by atoms with Crippen molar-refractivity contribution in [2.45, 2.75) is 45.2 Å². The van der Waals surface area contributed by atoms with E-state index < -0.39 is 0 Å². The van der Waals surface area contributed by atoms with Crippen LogP contribution < -0.4 is 11.0 Å². The monoisotopic (exact) mass is 411 g/mol. The summed E-state index contributed by atoms with van der Waals surface area (Å²) in [4.78, 5) is 16.0. The predicted molar refractivity (Wildman–Crippen MR) is 114 cm³/mol. The van der Waals surface area contributed by atoms with Crippen LogP contribution in [0.5, 0.6) is 0 Å². The van der Waals surface area contributed by atoms with Gasteiger partial charge in [-0.25, -0.2) is 9.48 Å². The fourth-order valence-electron chi connectivity index (χ4n) is 3.85. The van der Waals surface area contributed by atoms with Gasteiger partial charge in [0.15, 0.2) is 0 Å². The van der Waals surface area contributed by atoms with Crippen LogP contribution in [0.25, 0.3) is 10.9 Å². The van der Waals surface area contributed by atoms with E-state index in [0.717, 1.165) is 43.7 Å². The van der Waals surface area contributed by atoms with Crippen molar-refractivity contribution in [2.24, 2.45) is 0 Å². The zero-order chi connectivity index (χ0) is 17.2. The zero-order valence-electron chi connectivity index (χ0n) is 15.5.